The van der Waals surface area contributed by atoms with Gasteiger partial charge in [-0.05, 0) is 30.5 Å². The predicted octanol–water partition coefficient (Wildman–Crippen LogP) is 1.78. The Kier molecular flexibility index (Phi) is 4.11. The van der Waals surface area contributed by atoms with E-state index in [0.29, 0.717) is 12.8 Å². The van der Waals surface area contributed by atoms with E-state index in [0.717, 1.165) is 5.56 Å². The van der Waals surface area contributed by atoms with Gasteiger partial charge in [0.25, 0.3) is 0 Å². The van der Waals surface area contributed by atoms with Gasteiger partial charge in [-0.15, -0.1) is 12.4 Å². The van der Waals surface area contributed by atoms with Gasteiger partial charge in [0.15, 0.2) is 0 Å². The molecule has 17 heavy (non-hydrogen) atoms. The maximum Gasteiger partial charge on any atom is 0.316 e. The van der Waals surface area contributed by atoms with Crippen LogP contribution in [-0.2, 0) is 14.9 Å². The lowest BCUT2D eigenvalue weighted by atomic mass is 9.62. The average Bonchev–Trinajstić information content (AvgIpc) is 2.25. The van der Waals surface area contributed by atoms with Gasteiger partial charge in [0.05, 0.1) is 12.5 Å². The normalized spacial score (nSPS) is 26.6. The maximum absolute atomic E-state index is 12.8. The van der Waals surface area contributed by atoms with Crippen LogP contribution < -0.4 is 5.73 Å². The van der Waals surface area contributed by atoms with Crippen molar-refractivity contribution >= 4 is 18.4 Å². The van der Waals surface area contributed by atoms with Crippen molar-refractivity contribution in [3.63, 3.8) is 0 Å². The molecule has 0 amide bonds. The summed E-state index contributed by atoms with van der Waals surface area (Å²) in [5.41, 5.74) is 5.85. The molecule has 0 heterocycles. The number of benzene rings is 1. The molecule has 1 saturated carbocycles. The Labute approximate surface area is 106 Å². The van der Waals surface area contributed by atoms with Crippen LogP contribution in [0.25, 0.3) is 0 Å². The summed E-state index contributed by atoms with van der Waals surface area (Å²) in [5, 5.41) is 0. The summed E-state index contributed by atoms with van der Waals surface area (Å²) >= 11 is 0. The van der Waals surface area contributed by atoms with Crippen LogP contribution >= 0.6 is 12.4 Å². The van der Waals surface area contributed by atoms with Gasteiger partial charge in [-0.3, -0.25) is 4.79 Å². The minimum atomic E-state index is -0.665. The number of hydrogen-bond donors (Lipinski definition) is 1. The summed E-state index contributed by atoms with van der Waals surface area (Å²) in [6, 6.07) is 5.97. The molecular formula is C12H15ClFNO2. The first kappa shape index (κ1) is 13.9. The number of methoxy groups -OCH3 is 1. The van der Waals surface area contributed by atoms with Crippen LogP contribution in [0.15, 0.2) is 24.3 Å². The highest BCUT2D eigenvalue weighted by atomic mass is 35.5. The van der Waals surface area contributed by atoms with Gasteiger partial charge in [-0.1, -0.05) is 12.1 Å². The Morgan fingerprint density at radius 2 is 1.94 bits per heavy atom. The van der Waals surface area contributed by atoms with E-state index in [9.17, 15) is 9.18 Å². The van der Waals surface area contributed by atoms with E-state index < -0.39 is 5.41 Å². The number of hydrogen-bond acceptors (Lipinski definition) is 3. The van der Waals surface area contributed by atoms with Gasteiger partial charge in [0.1, 0.15) is 5.82 Å². The van der Waals surface area contributed by atoms with Crippen molar-refractivity contribution in [3.05, 3.63) is 35.6 Å². The summed E-state index contributed by atoms with van der Waals surface area (Å²) in [6.45, 7) is 0. The zero-order chi connectivity index (χ0) is 11.8. The zero-order valence-corrected chi connectivity index (χ0v) is 10.3. The van der Waals surface area contributed by atoms with E-state index in [1.165, 1.54) is 19.2 Å². The van der Waals surface area contributed by atoms with Crippen LogP contribution in [0.5, 0.6) is 0 Å². The van der Waals surface area contributed by atoms with Crippen LogP contribution in [-0.4, -0.2) is 19.1 Å². The molecule has 1 aromatic carbocycles. The molecule has 0 unspecified atom stereocenters. The first-order chi connectivity index (χ1) is 7.58. The molecule has 0 bridgehead atoms. The second kappa shape index (κ2) is 5.02. The van der Waals surface area contributed by atoms with Crippen molar-refractivity contribution < 1.29 is 13.9 Å². The number of carbonyl (C=O) groups excluding carboxylic acids is 1. The van der Waals surface area contributed by atoms with E-state index in [4.69, 9.17) is 10.5 Å². The van der Waals surface area contributed by atoms with Crippen LogP contribution in [0.2, 0.25) is 0 Å². The zero-order valence-electron chi connectivity index (χ0n) is 9.48. The van der Waals surface area contributed by atoms with E-state index >= 15 is 0 Å². The summed E-state index contributed by atoms with van der Waals surface area (Å²) in [6.07, 6.45) is 1.12. The first-order valence-corrected chi connectivity index (χ1v) is 5.18. The molecule has 94 valence electrons. The fourth-order valence-corrected chi connectivity index (χ4v) is 2.32. The Morgan fingerprint density at radius 1 is 1.41 bits per heavy atom. The summed E-state index contributed by atoms with van der Waals surface area (Å²) in [7, 11) is 1.36. The van der Waals surface area contributed by atoms with Gasteiger partial charge in [-0.25, -0.2) is 4.39 Å². The average molecular weight is 260 g/mol. The SMILES string of the molecule is COC(=O)C1(c2ccc(F)cc2)CC(N)C1.Cl. The minimum Gasteiger partial charge on any atom is -0.468 e. The van der Waals surface area contributed by atoms with Gasteiger partial charge in [0, 0.05) is 6.04 Å². The van der Waals surface area contributed by atoms with E-state index in [2.05, 4.69) is 0 Å². The standard InChI is InChI=1S/C12H14FNO2.ClH/c1-16-11(15)12(6-10(14)7-12)8-2-4-9(13)5-3-8;/h2-5,10H,6-7,14H2,1H3;1H. The highest BCUT2D eigenvalue weighted by molar-refractivity contribution is 5.85. The third-order valence-corrected chi connectivity index (χ3v) is 3.19. The van der Waals surface area contributed by atoms with Gasteiger partial charge in [-0.2, -0.15) is 0 Å². The second-order valence-corrected chi connectivity index (χ2v) is 4.25. The second-order valence-electron chi connectivity index (χ2n) is 4.25. The van der Waals surface area contributed by atoms with Crippen molar-refractivity contribution in [2.24, 2.45) is 5.73 Å². The molecule has 2 rings (SSSR count). The highest BCUT2D eigenvalue weighted by Gasteiger charge is 2.51. The molecule has 0 saturated heterocycles. The lowest BCUT2D eigenvalue weighted by molar-refractivity contribution is -0.152. The molecule has 1 fully saturated rings. The van der Waals surface area contributed by atoms with Crippen LogP contribution in [0, 0.1) is 5.82 Å². The summed E-state index contributed by atoms with van der Waals surface area (Å²) < 4.78 is 17.6. The number of rotatable bonds is 2. The molecule has 0 atom stereocenters. The molecule has 0 radical (unpaired) electrons. The number of carbonyl (C=O) groups is 1. The third-order valence-electron chi connectivity index (χ3n) is 3.19. The fraction of sp³-hybridized carbons (Fsp3) is 0.417. The number of nitrogens with two attached hydrogens (primary N) is 1. The molecule has 0 aliphatic heterocycles. The molecule has 0 spiro atoms. The fourth-order valence-electron chi connectivity index (χ4n) is 2.32. The lowest BCUT2D eigenvalue weighted by Gasteiger charge is -2.43. The molecule has 0 aromatic heterocycles. The van der Waals surface area contributed by atoms with Crippen LogP contribution in [0.3, 0.4) is 0 Å². The highest BCUT2D eigenvalue weighted by Crippen LogP contribution is 2.43. The van der Waals surface area contributed by atoms with Gasteiger partial charge >= 0.3 is 5.97 Å². The molecule has 2 N–H and O–H groups in total. The summed E-state index contributed by atoms with van der Waals surface area (Å²) in [5.74, 6) is -0.604. The molecular weight excluding hydrogens is 245 g/mol. The van der Waals surface area contributed by atoms with Crippen molar-refractivity contribution in [1.29, 1.82) is 0 Å². The van der Waals surface area contributed by atoms with Gasteiger partial charge in [0.2, 0.25) is 0 Å². The number of esters is 1. The van der Waals surface area contributed by atoms with E-state index in [1.807, 2.05) is 0 Å². The quantitative estimate of drug-likeness (QED) is 0.824. The Morgan fingerprint density at radius 3 is 2.35 bits per heavy atom. The molecule has 1 aliphatic rings. The minimum absolute atomic E-state index is 0. The molecule has 5 heteroatoms. The lowest BCUT2D eigenvalue weighted by Crippen LogP contribution is -2.54. The van der Waals surface area contributed by atoms with Crippen LogP contribution in [0.4, 0.5) is 4.39 Å². The summed E-state index contributed by atoms with van der Waals surface area (Å²) in [4.78, 5) is 11.8. The Hall–Kier alpha value is -1.13. The monoisotopic (exact) mass is 259 g/mol. The van der Waals surface area contributed by atoms with Crippen LogP contribution in [0.1, 0.15) is 18.4 Å². The van der Waals surface area contributed by atoms with Gasteiger partial charge < -0.3 is 10.5 Å². The van der Waals surface area contributed by atoms with Crippen molar-refractivity contribution in [2.45, 2.75) is 24.3 Å². The maximum atomic E-state index is 12.8. The van der Waals surface area contributed by atoms with E-state index in [1.54, 1.807) is 12.1 Å². The smallest absolute Gasteiger partial charge is 0.316 e. The molecule has 3 nitrogen and oxygen atoms in total. The van der Waals surface area contributed by atoms with E-state index in [-0.39, 0.29) is 30.2 Å². The number of ether oxygens (including phenoxy) is 1. The van der Waals surface area contributed by atoms with Crippen molar-refractivity contribution in [3.8, 4) is 0 Å². The Balaban J connectivity index is 0.00000144. The third kappa shape index (κ3) is 2.28. The largest absolute Gasteiger partial charge is 0.468 e. The topological polar surface area (TPSA) is 52.3 Å². The Bertz CT molecular complexity index is 401. The van der Waals surface area contributed by atoms with Crippen molar-refractivity contribution in [1.82, 2.24) is 0 Å². The van der Waals surface area contributed by atoms with Crippen molar-refractivity contribution in [2.75, 3.05) is 7.11 Å². The molecule has 1 aliphatic carbocycles. The molecule has 1 aromatic rings. The number of halogens is 2. The first-order valence-electron chi connectivity index (χ1n) is 5.18. The predicted molar refractivity (Wildman–Crippen MR) is 64.6 cm³/mol.